The van der Waals surface area contributed by atoms with Crippen LogP contribution in [0.3, 0.4) is 0 Å². The molecule has 0 aliphatic rings. The van der Waals surface area contributed by atoms with Gasteiger partial charge in [-0.15, -0.1) is 5.10 Å². The number of carbonyl (C=O) groups is 1. The molecule has 0 aliphatic carbocycles. The Labute approximate surface area is 122 Å². The van der Waals surface area contributed by atoms with Crippen molar-refractivity contribution in [2.75, 3.05) is 5.32 Å². The van der Waals surface area contributed by atoms with Gasteiger partial charge in [0.25, 0.3) is 11.9 Å². The average Bonchev–Trinajstić information content (AvgIpc) is 2.90. The lowest BCUT2D eigenvalue weighted by Crippen LogP contribution is -2.15. The normalized spacial score (nSPS) is 11.0. The largest absolute Gasteiger partial charge is 0.289 e. The first-order valence-electron chi connectivity index (χ1n) is 6.05. The molecule has 2 heterocycles. The van der Waals surface area contributed by atoms with Gasteiger partial charge in [-0.2, -0.15) is 4.98 Å². The Morgan fingerprint density at radius 3 is 2.76 bits per heavy atom. The molecule has 1 amide bonds. The molecule has 0 bridgehead atoms. The Kier molecular flexibility index (Phi) is 3.17. The monoisotopic (exact) mass is 308 g/mol. The van der Waals surface area contributed by atoms with Crippen LogP contribution in [0.4, 0.5) is 14.7 Å². The van der Waals surface area contributed by atoms with Gasteiger partial charge in [-0.05, 0) is 26.0 Å². The maximum absolute atomic E-state index is 13.5. The maximum Gasteiger partial charge on any atom is 0.261 e. The quantitative estimate of drug-likeness (QED) is 0.792. The Hall–Kier alpha value is -2.35. The first kappa shape index (κ1) is 13.6. The smallest absolute Gasteiger partial charge is 0.261 e. The van der Waals surface area contributed by atoms with E-state index in [1.165, 1.54) is 11.3 Å². The van der Waals surface area contributed by atoms with Crippen LogP contribution in [0.1, 0.15) is 20.9 Å². The summed E-state index contributed by atoms with van der Waals surface area (Å²) >= 11 is 1.44. The van der Waals surface area contributed by atoms with E-state index >= 15 is 0 Å². The molecular formula is C13H10F2N4OS. The minimum atomic E-state index is -0.930. The minimum absolute atomic E-state index is 0.0816. The second kappa shape index (κ2) is 4.88. The molecule has 3 rings (SSSR count). The van der Waals surface area contributed by atoms with Gasteiger partial charge in [-0.3, -0.25) is 10.1 Å². The number of nitrogens with one attached hydrogen (secondary N) is 1. The fourth-order valence-electron chi connectivity index (χ4n) is 1.84. The summed E-state index contributed by atoms with van der Waals surface area (Å²) < 4.78 is 27.9. The number of aryl methyl sites for hydroxylation is 2. The lowest BCUT2D eigenvalue weighted by molar-refractivity contribution is 0.102. The third-order valence-corrected chi connectivity index (χ3v) is 4.10. The van der Waals surface area contributed by atoms with Gasteiger partial charge in [0.05, 0.1) is 11.3 Å². The summed E-state index contributed by atoms with van der Waals surface area (Å²) in [5, 5.41) is 6.54. The minimum Gasteiger partial charge on any atom is -0.289 e. The molecule has 3 aromatic rings. The van der Waals surface area contributed by atoms with E-state index in [0.717, 1.165) is 22.7 Å². The van der Waals surface area contributed by atoms with Gasteiger partial charge >= 0.3 is 0 Å². The molecule has 1 aromatic carbocycles. The zero-order valence-electron chi connectivity index (χ0n) is 11.1. The molecule has 0 spiro atoms. The Bertz CT molecular complexity index is 855. The predicted molar refractivity (Wildman–Crippen MR) is 74.6 cm³/mol. The molecule has 5 nitrogen and oxygen atoms in total. The van der Waals surface area contributed by atoms with Crippen LogP contribution < -0.4 is 5.32 Å². The van der Waals surface area contributed by atoms with Crippen LogP contribution >= 0.6 is 11.3 Å². The van der Waals surface area contributed by atoms with Gasteiger partial charge in [0.1, 0.15) is 11.6 Å². The van der Waals surface area contributed by atoms with E-state index in [9.17, 15) is 13.6 Å². The number of benzene rings is 1. The van der Waals surface area contributed by atoms with E-state index in [4.69, 9.17) is 0 Å². The van der Waals surface area contributed by atoms with Gasteiger partial charge < -0.3 is 0 Å². The number of hydrogen-bond donors (Lipinski definition) is 1. The third-order valence-electron chi connectivity index (χ3n) is 3.05. The lowest BCUT2D eigenvalue weighted by Gasteiger charge is -2.02. The summed E-state index contributed by atoms with van der Waals surface area (Å²) in [6.45, 7) is 3.83. The van der Waals surface area contributed by atoms with Gasteiger partial charge in [-0.1, -0.05) is 11.3 Å². The molecule has 0 aliphatic heterocycles. The highest BCUT2D eigenvalue weighted by atomic mass is 32.1. The molecular weight excluding hydrogens is 298 g/mol. The Balaban J connectivity index is 1.89. The van der Waals surface area contributed by atoms with Crippen molar-refractivity contribution in [3.8, 4) is 0 Å². The van der Waals surface area contributed by atoms with Gasteiger partial charge in [0.15, 0.2) is 0 Å². The van der Waals surface area contributed by atoms with E-state index in [1.807, 2.05) is 13.8 Å². The van der Waals surface area contributed by atoms with Crippen LogP contribution in [0.15, 0.2) is 18.2 Å². The predicted octanol–water partition coefficient (Wildman–Crippen LogP) is 2.94. The number of carbonyl (C=O) groups excluding carboxylic acids is 1. The van der Waals surface area contributed by atoms with Crippen molar-refractivity contribution in [3.63, 3.8) is 0 Å². The highest BCUT2D eigenvalue weighted by molar-refractivity contribution is 7.17. The number of fused-ring (bicyclic) bond motifs is 1. The van der Waals surface area contributed by atoms with Gasteiger partial charge in [-0.25, -0.2) is 13.3 Å². The van der Waals surface area contributed by atoms with E-state index in [-0.39, 0.29) is 11.5 Å². The summed E-state index contributed by atoms with van der Waals surface area (Å²) in [5.74, 6) is -2.31. The fourth-order valence-corrected chi connectivity index (χ4v) is 2.74. The molecule has 2 aromatic heterocycles. The number of amides is 1. The van der Waals surface area contributed by atoms with Crippen LogP contribution in [-0.4, -0.2) is 20.5 Å². The molecule has 0 radical (unpaired) electrons. The summed E-state index contributed by atoms with van der Waals surface area (Å²) in [6, 6.07) is 2.75. The fraction of sp³-hybridized carbons (Fsp3) is 0.154. The number of aromatic nitrogens is 3. The number of thiazole rings is 1. The number of anilines is 1. The zero-order valence-corrected chi connectivity index (χ0v) is 12.0. The molecule has 21 heavy (non-hydrogen) atoms. The van der Waals surface area contributed by atoms with Crippen molar-refractivity contribution >= 4 is 28.2 Å². The average molecular weight is 308 g/mol. The van der Waals surface area contributed by atoms with Crippen molar-refractivity contribution in [1.82, 2.24) is 14.6 Å². The second-order valence-corrected chi connectivity index (χ2v) is 5.63. The molecule has 0 saturated heterocycles. The SMILES string of the molecule is Cc1sc2nc(NC(=O)c3ccc(F)cc3F)nn2c1C. The maximum atomic E-state index is 13.5. The summed E-state index contributed by atoms with van der Waals surface area (Å²) in [7, 11) is 0. The van der Waals surface area contributed by atoms with Crippen molar-refractivity contribution in [3.05, 3.63) is 46.0 Å². The summed E-state index contributed by atoms with van der Waals surface area (Å²) in [4.78, 5) is 17.8. The number of rotatable bonds is 2. The van der Waals surface area contributed by atoms with E-state index in [1.54, 1.807) is 4.52 Å². The van der Waals surface area contributed by atoms with E-state index < -0.39 is 17.5 Å². The standard InChI is InChI=1S/C13H10F2N4OS/c1-6-7(2)21-13-17-12(18-19(6)13)16-11(20)9-4-3-8(14)5-10(9)15/h3-5H,1-2H3,(H,16,18,20). The Morgan fingerprint density at radius 2 is 2.10 bits per heavy atom. The Morgan fingerprint density at radius 1 is 1.33 bits per heavy atom. The topological polar surface area (TPSA) is 59.3 Å². The zero-order chi connectivity index (χ0) is 15.1. The third kappa shape index (κ3) is 2.38. The van der Waals surface area contributed by atoms with Crippen LogP contribution in [0.2, 0.25) is 0 Å². The molecule has 0 fully saturated rings. The van der Waals surface area contributed by atoms with Crippen LogP contribution in [0.25, 0.3) is 4.96 Å². The summed E-state index contributed by atoms with van der Waals surface area (Å²) in [6.07, 6.45) is 0. The van der Waals surface area contributed by atoms with E-state index in [0.29, 0.717) is 11.0 Å². The van der Waals surface area contributed by atoms with Crippen LogP contribution in [-0.2, 0) is 0 Å². The molecule has 0 atom stereocenters. The van der Waals surface area contributed by atoms with Crippen LogP contribution in [0, 0.1) is 25.5 Å². The van der Waals surface area contributed by atoms with Crippen molar-refractivity contribution in [2.24, 2.45) is 0 Å². The van der Waals surface area contributed by atoms with Crippen LogP contribution in [0.5, 0.6) is 0 Å². The molecule has 8 heteroatoms. The highest BCUT2D eigenvalue weighted by Crippen LogP contribution is 2.21. The van der Waals surface area contributed by atoms with Crippen molar-refractivity contribution in [2.45, 2.75) is 13.8 Å². The summed E-state index contributed by atoms with van der Waals surface area (Å²) in [5.41, 5.74) is 0.665. The van der Waals surface area contributed by atoms with Crippen molar-refractivity contribution in [1.29, 1.82) is 0 Å². The molecule has 0 unspecified atom stereocenters. The lowest BCUT2D eigenvalue weighted by atomic mass is 10.2. The van der Waals surface area contributed by atoms with Gasteiger partial charge in [0.2, 0.25) is 4.96 Å². The molecule has 0 saturated carbocycles. The number of hydrogen-bond acceptors (Lipinski definition) is 4. The van der Waals surface area contributed by atoms with Crippen molar-refractivity contribution < 1.29 is 13.6 Å². The first-order chi connectivity index (χ1) is 9.95. The van der Waals surface area contributed by atoms with E-state index in [2.05, 4.69) is 15.4 Å². The van der Waals surface area contributed by atoms with Gasteiger partial charge in [0, 0.05) is 10.9 Å². The molecule has 1 N–H and O–H groups in total. The number of nitrogens with zero attached hydrogens (tertiary/aromatic N) is 3. The molecule has 108 valence electrons. The first-order valence-corrected chi connectivity index (χ1v) is 6.86. The highest BCUT2D eigenvalue weighted by Gasteiger charge is 2.16. The number of halogens is 2. The second-order valence-electron chi connectivity index (χ2n) is 4.45.